The Hall–Kier alpha value is -2.47. The van der Waals surface area contributed by atoms with Crippen molar-refractivity contribution < 1.29 is 14.2 Å². The number of fused-ring (bicyclic) bond motifs is 2. The lowest BCUT2D eigenvalue weighted by Gasteiger charge is -2.21. The Morgan fingerprint density at radius 2 is 1.81 bits per heavy atom. The van der Waals surface area contributed by atoms with Gasteiger partial charge in [0.15, 0.2) is 17.1 Å². The van der Waals surface area contributed by atoms with E-state index in [9.17, 15) is 0 Å². The maximum absolute atomic E-state index is 6.49. The van der Waals surface area contributed by atoms with Crippen molar-refractivity contribution in [3.63, 3.8) is 0 Å². The van der Waals surface area contributed by atoms with Crippen LogP contribution in [0, 0.1) is 0 Å². The summed E-state index contributed by atoms with van der Waals surface area (Å²) in [7, 11) is 0. The zero-order valence-corrected chi connectivity index (χ0v) is 15.6. The van der Waals surface area contributed by atoms with Crippen molar-refractivity contribution in [2.75, 3.05) is 13.2 Å². The number of halogens is 1. The van der Waals surface area contributed by atoms with Crippen LogP contribution in [0.1, 0.15) is 32.1 Å². The monoisotopic (exact) mass is 385 g/mol. The normalized spacial score (nSPS) is 17.2. The van der Waals surface area contributed by atoms with Crippen LogP contribution >= 0.6 is 11.6 Å². The molecule has 0 spiro atoms. The molecule has 3 aromatic rings. The van der Waals surface area contributed by atoms with Crippen LogP contribution in [0.4, 0.5) is 0 Å². The molecule has 5 rings (SSSR count). The fourth-order valence-electron chi connectivity index (χ4n) is 3.68. The molecule has 1 saturated carbocycles. The summed E-state index contributed by atoms with van der Waals surface area (Å²) in [5, 5.41) is 0.537. The molecule has 0 amide bonds. The highest BCUT2D eigenvalue weighted by Crippen LogP contribution is 2.37. The van der Waals surface area contributed by atoms with Crippen molar-refractivity contribution in [3.8, 4) is 28.8 Å². The Labute approximate surface area is 161 Å². The Kier molecular flexibility index (Phi) is 4.28. The van der Waals surface area contributed by atoms with E-state index in [1.807, 2.05) is 24.3 Å². The summed E-state index contributed by atoms with van der Waals surface area (Å²) in [5.41, 5.74) is 2.91. The Bertz CT molecular complexity index is 982. The first-order valence-corrected chi connectivity index (χ1v) is 9.77. The summed E-state index contributed by atoms with van der Waals surface area (Å²) in [5.74, 6) is 1.45. The van der Waals surface area contributed by atoms with Gasteiger partial charge in [0.05, 0.1) is 10.7 Å². The second kappa shape index (κ2) is 6.93. The lowest BCUT2D eigenvalue weighted by molar-refractivity contribution is 0.143. The number of aromatic amines is 1. The molecule has 1 fully saturated rings. The largest absolute Gasteiger partial charge is 0.486 e. The molecule has 27 heavy (non-hydrogen) atoms. The van der Waals surface area contributed by atoms with Gasteiger partial charge in [0.1, 0.15) is 24.8 Å². The summed E-state index contributed by atoms with van der Waals surface area (Å²) in [6.07, 6.45) is 6.09. The number of hydrogen-bond acceptors (Lipinski definition) is 5. The molecule has 3 heterocycles. The van der Waals surface area contributed by atoms with Crippen LogP contribution in [-0.4, -0.2) is 34.3 Å². The predicted molar refractivity (Wildman–Crippen MR) is 103 cm³/mol. The van der Waals surface area contributed by atoms with Gasteiger partial charge < -0.3 is 14.2 Å². The third kappa shape index (κ3) is 3.30. The summed E-state index contributed by atoms with van der Waals surface area (Å²) in [6, 6.07) is 8.06. The van der Waals surface area contributed by atoms with E-state index in [4.69, 9.17) is 25.8 Å². The minimum atomic E-state index is 0.229. The highest BCUT2D eigenvalue weighted by molar-refractivity contribution is 6.33. The zero-order valence-electron chi connectivity index (χ0n) is 14.8. The van der Waals surface area contributed by atoms with Gasteiger partial charge in [0.25, 0.3) is 6.01 Å². The van der Waals surface area contributed by atoms with Crippen LogP contribution in [0.5, 0.6) is 17.5 Å². The molecule has 1 aliphatic carbocycles. The lowest BCUT2D eigenvalue weighted by atomic mass is 9.98. The van der Waals surface area contributed by atoms with E-state index in [0.717, 1.165) is 24.2 Å². The van der Waals surface area contributed by atoms with E-state index in [1.54, 1.807) is 0 Å². The van der Waals surface area contributed by atoms with Gasteiger partial charge in [-0.2, -0.15) is 4.98 Å². The van der Waals surface area contributed by atoms with Crippen LogP contribution < -0.4 is 14.2 Å². The van der Waals surface area contributed by atoms with Crippen molar-refractivity contribution >= 4 is 22.8 Å². The molecule has 2 aromatic heterocycles. The number of benzene rings is 1. The third-order valence-corrected chi connectivity index (χ3v) is 5.34. The average molecular weight is 386 g/mol. The van der Waals surface area contributed by atoms with Gasteiger partial charge in [-0.3, -0.25) is 4.98 Å². The molecular formula is C20H20ClN3O3. The number of aromatic nitrogens is 3. The van der Waals surface area contributed by atoms with E-state index >= 15 is 0 Å². The van der Waals surface area contributed by atoms with Crippen LogP contribution in [0.2, 0.25) is 5.02 Å². The molecule has 6 nitrogen and oxygen atoms in total. The number of imidazole rings is 1. The minimum absolute atomic E-state index is 0.229. The molecule has 7 heteroatoms. The van der Waals surface area contributed by atoms with Gasteiger partial charge in [0, 0.05) is 5.56 Å². The number of hydrogen-bond donors (Lipinski definition) is 1. The smallest absolute Gasteiger partial charge is 0.296 e. The predicted octanol–water partition coefficient (Wildman–Crippen LogP) is 4.76. The van der Waals surface area contributed by atoms with Crippen molar-refractivity contribution in [1.29, 1.82) is 0 Å². The third-order valence-electron chi connectivity index (χ3n) is 5.05. The summed E-state index contributed by atoms with van der Waals surface area (Å²) in [4.78, 5) is 12.4. The van der Waals surface area contributed by atoms with Crippen LogP contribution in [-0.2, 0) is 0 Å². The lowest BCUT2D eigenvalue weighted by Crippen LogP contribution is -2.20. The number of pyridine rings is 1. The molecule has 0 unspecified atom stereocenters. The van der Waals surface area contributed by atoms with Gasteiger partial charge in [-0.25, -0.2) is 4.98 Å². The SMILES string of the molecule is Clc1cc2nc(OC3CCCCC3)[nH]c2nc1-c1ccc2c(c1)OCCO2. The highest BCUT2D eigenvalue weighted by Gasteiger charge is 2.19. The first-order valence-electron chi connectivity index (χ1n) is 9.39. The Balaban J connectivity index is 1.47. The van der Waals surface area contributed by atoms with E-state index in [2.05, 4.69) is 15.0 Å². The number of nitrogens with one attached hydrogen (secondary N) is 1. The summed E-state index contributed by atoms with van der Waals surface area (Å²) >= 11 is 6.49. The summed E-state index contributed by atoms with van der Waals surface area (Å²) in [6.45, 7) is 1.11. The zero-order chi connectivity index (χ0) is 18.2. The van der Waals surface area contributed by atoms with Crippen LogP contribution in [0.3, 0.4) is 0 Å². The number of rotatable bonds is 3. The number of ether oxygens (including phenoxy) is 3. The average Bonchev–Trinajstić information content (AvgIpc) is 3.08. The summed E-state index contributed by atoms with van der Waals surface area (Å²) < 4.78 is 17.3. The molecule has 1 aromatic carbocycles. The van der Waals surface area contributed by atoms with Crippen molar-refractivity contribution in [2.45, 2.75) is 38.2 Å². The maximum Gasteiger partial charge on any atom is 0.296 e. The van der Waals surface area contributed by atoms with E-state index < -0.39 is 0 Å². The van der Waals surface area contributed by atoms with Crippen molar-refractivity contribution in [2.24, 2.45) is 0 Å². The van der Waals surface area contributed by atoms with E-state index in [1.165, 1.54) is 19.3 Å². The number of nitrogens with zero attached hydrogens (tertiary/aromatic N) is 2. The Morgan fingerprint density at radius 1 is 1.00 bits per heavy atom. The van der Waals surface area contributed by atoms with E-state index in [0.29, 0.717) is 46.9 Å². The Morgan fingerprint density at radius 3 is 2.67 bits per heavy atom. The molecule has 2 aliphatic rings. The minimum Gasteiger partial charge on any atom is -0.486 e. The van der Waals surface area contributed by atoms with Gasteiger partial charge >= 0.3 is 0 Å². The van der Waals surface area contributed by atoms with Crippen LogP contribution in [0.15, 0.2) is 24.3 Å². The fraction of sp³-hybridized carbons (Fsp3) is 0.400. The van der Waals surface area contributed by atoms with Crippen LogP contribution in [0.25, 0.3) is 22.4 Å². The first kappa shape index (κ1) is 16.7. The number of H-pyrrole nitrogens is 1. The molecule has 0 radical (unpaired) electrons. The molecular weight excluding hydrogens is 366 g/mol. The standard InChI is InChI=1S/C20H20ClN3O3/c21-14-11-15-19(24-20(22-15)27-13-4-2-1-3-5-13)23-18(14)12-6-7-16-17(10-12)26-9-8-25-16/h6-7,10-11,13H,1-5,8-9H2,(H,22,23,24). The quantitative estimate of drug-likeness (QED) is 0.703. The molecule has 1 N–H and O–H groups in total. The first-order chi connectivity index (χ1) is 13.3. The second-order valence-corrected chi connectivity index (χ2v) is 7.37. The molecule has 0 atom stereocenters. The maximum atomic E-state index is 6.49. The van der Waals surface area contributed by atoms with Crippen molar-refractivity contribution in [1.82, 2.24) is 15.0 Å². The van der Waals surface area contributed by atoms with Gasteiger partial charge in [-0.05, 0) is 49.9 Å². The fourth-order valence-corrected chi connectivity index (χ4v) is 3.94. The molecule has 0 bridgehead atoms. The van der Waals surface area contributed by atoms with Gasteiger partial charge in [0.2, 0.25) is 0 Å². The topological polar surface area (TPSA) is 69.3 Å². The van der Waals surface area contributed by atoms with E-state index in [-0.39, 0.29) is 6.10 Å². The van der Waals surface area contributed by atoms with Crippen molar-refractivity contribution in [3.05, 3.63) is 29.3 Å². The molecule has 0 saturated heterocycles. The van der Waals surface area contributed by atoms with Gasteiger partial charge in [-0.15, -0.1) is 0 Å². The highest BCUT2D eigenvalue weighted by atomic mass is 35.5. The second-order valence-electron chi connectivity index (χ2n) is 6.96. The molecule has 140 valence electrons. The van der Waals surface area contributed by atoms with Gasteiger partial charge in [-0.1, -0.05) is 18.0 Å². The molecule has 1 aliphatic heterocycles.